The highest BCUT2D eigenvalue weighted by atomic mass is 16.5. The number of fused-ring (bicyclic) bond motifs is 1. The van der Waals surface area contributed by atoms with Crippen LogP contribution in [0.3, 0.4) is 0 Å². The Kier molecular flexibility index (Phi) is 8.80. The van der Waals surface area contributed by atoms with Crippen LogP contribution in [-0.4, -0.2) is 5.60 Å². The van der Waals surface area contributed by atoms with Crippen LogP contribution in [0.5, 0.6) is 5.75 Å². The normalized spacial score (nSPS) is 19.6. The summed E-state index contributed by atoms with van der Waals surface area (Å²) in [7, 11) is 0. The number of allylic oxidation sites excluding steroid dienone is 6. The number of benzene rings is 1. The van der Waals surface area contributed by atoms with E-state index >= 15 is 0 Å². The molecule has 0 bridgehead atoms. The standard InChI is InChI=1S/C28H42O/c1-21(2)11-8-12-22(3)13-9-14-23(4)15-10-19-28(7)20-18-26-25(6)24(5)16-17-27(26)29-28/h11,13,15-17H,8-10,12,14,18-20H2,1-7H3/b22-13+,23-15+/t28-/m1/s1. The predicted molar refractivity (Wildman–Crippen MR) is 128 cm³/mol. The number of rotatable bonds is 9. The van der Waals surface area contributed by atoms with Gasteiger partial charge in [-0.05, 0) is 123 Å². The molecule has 29 heavy (non-hydrogen) atoms. The second-order valence-corrected chi connectivity index (χ2v) is 9.53. The van der Waals surface area contributed by atoms with Gasteiger partial charge in [-0.3, -0.25) is 0 Å². The molecule has 1 aliphatic rings. The van der Waals surface area contributed by atoms with Gasteiger partial charge in [0.25, 0.3) is 0 Å². The van der Waals surface area contributed by atoms with Crippen molar-refractivity contribution in [3.8, 4) is 5.75 Å². The topological polar surface area (TPSA) is 9.23 Å². The Morgan fingerprint density at radius 1 is 0.931 bits per heavy atom. The Morgan fingerprint density at radius 2 is 1.55 bits per heavy atom. The molecule has 1 heterocycles. The molecule has 0 radical (unpaired) electrons. The average Bonchev–Trinajstić information content (AvgIpc) is 2.64. The molecule has 0 spiro atoms. The van der Waals surface area contributed by atoms with Gasteiger partial charge in [0, 0.05) is 0 Å². The Labute approximate surface area is 179 Å². The van der Waals surface area contributed by atoms with Gasteiger partial charge in [0.05, 0.1) is 0 Å². The van der Waals surface area contributed by atoms with E-state index in [-0.39, 0.29) is 5.60 Å². The monoisotopic (exact) mass is 394 g/mol. The highest BCUT2D eigenvalue weighted by Crippen LogP contribution is 2.38. The molecule has 1 aromatic rings. The fourth-order valence-corrected chi connectivity index (χ4v) is 4.10. The van der Waals surface area contributed by atoms with Crippen molar-refractivity contribution in [2.45, 2.75) is 105 Å². The molecule has 2 rings (SSSR count). The van der Waals surface area contributed by atoms with Crippen LogP contribution in [-0.2, 0) is 6.42 Å². The van der Waals surface area contributed by atoms with Crippen molar-refractivity contribution in [1.29, 1.82) is 0 Å². The lowest BCUT2D eigenvalue weighted by molar-refractivity contribution is 0.0569. The first-order valence-corrected chi connectivity index (χ1v) is 11.4. The first-order chi connectivity index (χ1) is 13.7. The van der Waals surface area contributed by atoms with Crippen LogP contribution in [0.25, 0.3) is 0 Å². The molecule has 0 fully saturated rings. The summed E-state index contributed by atoms with van der Waals surface area (Å²) in [5.74, 6) is 1.11. The molecular formula is C28H42O. The fraction of sp³-hybridized carbons (Fsp3) is 0.571. The molecule has 1 aromatic carbocycles. The van der Waals surface area contributed by atoms with Crippen molar-refractivity contribution < 1.29 is 4.74 Å². The number of ether oxygens (including phenoxy) is 1. The van der Waals surface area contributed by atoms with Gasteiger partial charge in [0.15, 0.2) is 0 Å². The maximum atomic E-state index is 6.46. The first kappa shape index (κ1) is 23.5. The van der Waals surface area contributed by atoms with Crippen LogP contribution in [0.4, 0.5) is 0 Å². The molecule has 1 atom stereocenters. The van der Waals surface area contributed by atoms with Crippen LogP contribution >= 0.6 is 0 Å². The molecule has 0 aliphatic carbocycles. The minimum Gasteiger partial charge on any atom is -0.487 e. The lowest BCUT2D eigenvalue weighted by Crippen LogP contribution is -2.36. The number of hydrogen-bond donors (Lipinski definition) is 0. The van der Waals surface area contributed by atoms with Crippen molar-refractivity contribution in [2.75, 3.05) is 0 Å². The SMILES string of the molecule is CC(C)=CCC/C(C)=C/CC/C(C)=C/CC[C@]1(C)CCc2c(ccc(C)c2C)O1. The van der Waals surface area contributed by atoms with Crippen molar-refractivity contribution in [3.05, 3.63) is 63.8 Å². The second kappa shape index (κ2) is 10.9. The first-order valence-electron chi connectivity index (χ1n) is 11.4. The van der Waals surface area contributed by atoms with Crippen molar-refractivity contribution in [3.63, 3.8) is 0 Å². The smallest absolute Gasteiger partial charge is 0.123 e. The van der Waals surface area contributed by atoms with Crippen molar-refractivity contribution >= 4 is 0 Å². The quantitative estimate of drug-likeness (QED) is 0.381. The summed E-state index contributed by atoms with van der Waals surface area (Å²) in [6.45, 7) is 15.6. The zero-order valence-corrected chi connectivity index (χ0v) is 20.0. The molecule has 0 saturated heterocycles. The van der Waals surface area contributed by atoms with Gasteiger partial charge in [-0.25, -0.2) is 0 Å². The van der Waals surface area contributed by atoms with E-state index < -0.39 is 0 Å². The molecule has 1 aliphatic heterocycles. The average molecular weight is 395 g/mol. The molecule has 160 valence electrons. The number of aryl methyl sites for hydroxylation is 1. The summed E-state index contributed by atoms with van der Waals surface area (Å²) in [6.07, 6.45) is 16.3. The molecule has 0 N–H and O–H groups in total. The number of hydrogen-bond acceptors (Lipinski definition) is 1. The van der Waals surface area contributed by atoms with Crippen LogP contribution in [0.15, 0.2) is 47.1 Å². The Balaban J connectivity index is 1.78. The third kappa shape index (κ3) is 7.53. The summed E-state index contributed by atoms with van der Waals surface area (Å²) in [4.78, 5) is 0. The van der Waals surface area contributed by atoms with Gasteiger partial charge in [-0.15, -0.1) is 0 Å². The Morgan fingerprint density at radius 3 is 2.21 bits per heavy atom. The van der Waals surface area contributed by atoms with Gasteiger partial charge in [-0.1, -0.05) is 41.0 Å². The molecule has 0 saturated carbocycles. The third-order valence-electron chi connectivity index (χ3n) is 6.38. The Hall–Kier alpha value is -1.76. The summed E-state index contributed by atoms with van der Waals surface area (Å²) in [5.41, 5.74) is 8.60. The minimum absolute atomic E-state index is 0.0348. The lowest BCUT2D eigenvalue weighted by Gasteiger charge is -2.36. The summed E-state index contributed by atoms with van der Waals surface area (Å²) >= 11 is 0. The second-order valence-electron chi connectivity index (χ2n) is 9.53. The maximum absolute atomic E-state index is 6.46. The van der Waals surface area contributed by atoms with E-state index in [9.17, 15) is 0 Å². The summed E-state index contributed by atoms with van der Waals surface area (Å²) in [6, 6.07) is 4.36. The largest absolute Gasteiger partial charge is 0.487 e. The van der Waals surface area contributed by atoms with E-state index in [0.717, 1.165) is 37.9 Å². The van der Waals surface area contributed by atoms with E-state index in [4.69, 9.17) is 4.74 Å². The zero-order chi connectivity index (χ0) is 21.4. The van der Waals surface area contributed by atoms with Crippen LogP contribution in [0.1, 0.15) is 96.3 Å². The fourth-order valence-electron chi connectivity index (χ4n) is 4.10. The van der Waals surface area contributed by atoms with E-state index in [0.29, 0.717) is 0 Å². The molecule has 0 aromatic heterocycles. The zero-order valence-electron chi connectivity index (χ0n) is 20.0. The molecule has 0 amide bonds. The van der Waals surface area contributed by atoms with Gasteiger partial charge in [-0.2, -0.15) is 0 Å². The third-order valence-corrected chi connectivity index (χ3v) is 6.38. The van der Waals surface area contributed by atoms with Gasteiger partial charge >= 0.3 is 0 Å². The van der Waals surface area contributed by atoms with E-state index in [1.807, 2.05) is 0 Å². The van der Waals surface area contributed by atoms with Crippen LogP contribution in [0.2, 0.25) is 0 Å². The highest BCUT2D eigenvalue weighted by Gasteiger charge is 2.31. The van der Waals surface area contributed by atoms with Crippen molar-refractivity contribution in [1.82, 2.24) is 0 Å². The van der Waals surface area contributed by atoms with E-state index in [1.54, 1.807) is 0 Å². The molecule has 1 heteroatoms. The highest BCUT2D eigenvalue weighted by molar-refractivity contribution is 5.45. The molecule has 1 nitrogen and oxygen atoms in total. The van der Waals surface area contributed by atoms with E-state index in [2.05, 4.69) is 78.8 Å². The molecule has 0 unspecified atom stereocenters. The maximum Gasteiger partial charge on any atom is 0.123 e. The van der Waals surface area contributed by atoms with Gasteiger partial charge in [0.2, 0.25) is 0 Å². The predicted octanol–water partition coefficient (Wildman–Crippen LogP) is 8.59. The van der Waals surface area contributed by atoms with E-state index in [1.165, 1.54) is 52.7 Å². The summed E-state index contributed by atoms with van der Waals surface area (Å²) < 4.78 is 6.46. The molecular weight excluding hydrogens is 352 g/mol. The van der Waals surface area contributed by atoms with Gasteiger partial charge < -0.3 is 4.74 Å². The van der Waals surface area contributed by atoms with Crippen LogP contribution in [0, 0.1) is 13.8 Å². The van der Waals surface area contributed by atoms with Gasteiger partial charge in [0.1, 0.15) is 11.4 Å². The Bertz CT molecular complexity index is 774. The summed E-state index contributed by atoms with van der Waals surface area (Å²) in [5, 5.41) is 0. The lowest BCUT2D eigenvalue weighted by atomic mass is 9.86. The minimum atomic E-state index is -0.0348. The van der Waals surface area contributed by atoms with Crippen LogP contribution < -0.4 is 4.74 Å². The van der Waals surface area contributed by atoms with Crippen molar-refractivity contribution in [2.24, 2.45) is 0 Å².